The van der Waals surface area contributed by atoms with Gasteiger partial charge in [0.25, 0.3) is 0 Å². The number of fused-ring (bicyclic) bond motifs is 10. The number of hydrogen-bond donors (Lipinski definition) is 0. The van der Waals surface area contributed by atoms with Crippen molar-refractivity contribution in [3.63, 3.8) is 0 Å². The molecule has 0 saturated carbocycles. The van der Waals surface area contributed by atoms with Crippen LogP contribution in [0.15, 0.2) is 229 Å². The molecular formula is C62H37N5O. The van der Waals surface area contributed by atoms with Gasteiger partial charge in [-0.3, -0.25) is 0 Å². The van der Waals surface area contributed by atoms with Gasteiger partial charge in [-0.2, -0.15) is 0 Å². The van der Waals surface area contributed by atoms with Crippen LogP contribution in [0.25, 0.3) is 138 Å². The highest BCUT2D eigenvalue weighted by Gasteiger charge is 2.21. The summed E-state index contributed by atoms with van der Waals surface area (Å²) >= 11 is 0. The zero-order chi connectivity index (χ0) is 44.7. The van der Waals surface area contributed by atoms with E-state index in [2.05, 4.69) is 204 Å². The summed E-state index contributed by atoms with van der Waals surface area (Å²) in [5.74, 6) is 1.75. The van der Waals surface area contributed by atoms with E-state index in [1.165, 1.54) is 32.7 Å². The van der Waals surface area contributed by atoms with Crippen LogP contribution in [-0.4, -0.2) is 24.5 Å². The first kappa shape index (κ1) is 38.1. The second kappa shape index (κ2) is 15.2. The van der Waals surface area contributed by atoms with E-state index in [1.807, 2.05) is 24.3 Å². The molecule has 6 heteroatoms. The summed E-state index contributed by atoms with van der Waals surface area (Å²) in [6, 6.07) is 77.3. The van der Waals surface area contributed by atoms with Gasteiger partial charge in [-0.1, -0.05) is 164 Å². The van der Waals surface area contributed by atoms with Crippen LogP contribution in [0.5, 0.6) is 0 Å². The van der Waals surface area contributed by atoms with E-state index in [9.17, 15) is 0 Å². The largest absolute Gasteiger partial charge is 0.438 e. The minimum atomic E-state index is 0.567. The van der Waals surface area contributed by atoms with E-state index >= 15 is 0 Å². The van der Waals surface area contributed by atoms with Crippen LogP contribution in [0, 0.1) is 0 Å². The van der Waals surface area contributed by atoms with Gasteiger partial charge in [0.05, 0.1) is 16.7 Å². The van der Waals surface area contributed by atoms with Crippen molar-refractivity contribution in [1.29, 1.82) is 0 Å². The maximum atomic E-state index is 6.15. The molecule has 0 radical (unpaired) electrons. The van der Waals surface area contributed by atoms with E-state index in [0.717, 1.165) is 82.4 Å². The second-order valence-corrected chi connectivity index (χ2v) is 17.3. The van der Waals surface area contributed by atoms with Gasteiger partial charge in [0.15, 0.2) is 17.5 Å². The summed E-state index contributed by atoms with van der Waals surface area (Å²) in [4.78, 5) is 20.6. The fourth-order valence-electron chi connectivity index (χ4n) is 10.4. The quantitative estimate of drug-likeness (QED) is 0.166. The zero-order valence-electron chi connectivity index (χ0n) is 36.5. The van der Waals surface area contributed by atoms with Crippen molar-refractivity contribution in [1.82, 2.24) is 24.5 Å². The molecule has 316 valence electrons. The molecule has 14 aromatic rings. The summed E-state index contributed by atoms with van der Waals surface area (Å²) < 4.78 is 8.60. The van der Waals surface area contributed by atoms with Gasteiger partial charge in [0, 0.05) is 49.8 Å². The Bertz CT molecular complexity index is 4330. The molecular weight excluding hydrogens is 831 g/mol. The van der Waals surface area contributed by atoms with Crippen molar-refractivity contribution in [3.05, 3.63) is 225 Å². The molecule has 0 N–H and O–H groups in total. The first-order valence-corrected chi connectivity index (χ1v) is 22.9. The SMILES string of the molecule is c1ccc(-c2ccc3c4c5ccccc5ccc4n(-c4cccc5c(-c6nc(-c7ccc8oc9ncccc9c8c7)nc(-c7ccc(-c8ccccc8)c8ccccc78)n6)cccc45)c3c2)cc1. The summed E-state index contributed by atoms with van der Waals surface area (Å²) in [6.45, 7) is 0. The summed E-state index contributed by atoms with van der Waals surface area (Å²) in [5, 5.41) is 11.1. The number of rotatable bonds is 6. The third-order valence-electron chi connectivity index (χ3n) is 13.5. The summed E-state index contributed by atoms with van der Waals surface area (Å²) in [6.07, 6.45) is 1.75. The van der Waals surface area contributed by atoms with E-state index in [-0.39, 0.29) is 0 Å². The molecule has 0 atom stereocenters. The van der Waals surface area contributed by atoms with Gasteiger partial charge >= 0.3 is 0 Å². The lowest BCUT2D eigenvalue weighted by atomic mass is 9.94. The Morgan fingerprint density at radius 3 is 1.81 bits per heavy atom. The predicted octanol–water partition coefficient (Wildman–Crippen LogP) is 16.1. The normalized spacial score (nSPS) is 11.8. The average Bonchev–Trinajstić information content (AvgIpc) is 3.96. The van der Waals surface area contributed by atoms with Crippen molar-refractivity contribution < 1.29 is 4.42 Å². The summed E-state index contributed by atoms with van der Waals surface area (Å²) in [5.41, 5.74) is 12.1. The maximum absolute atomic E-state index is 6.15. The fourth-order valence-corrected chi connectivity index (χ4v) is 10.4. The lowest BCUT2D eigenvalue weighted by molar-refractivity contribution is 0.654. The Labute approximate surface area is 390 Å². The lowest BCUT2D eigenvalue weighted by Crippen LogP contribution is -2.02. The van der Waals surface area contributed by atoms with Crippen molar-refractivity contribution in [2.45, 2.75) is 0 Å². The van der Waals surface area contributed by atoms with Gasteiger partial charge in [-0.25, -0.2) is 19.9 Å². The minimum Gasteiger partial charge on any atom is -0.438 e. The number of pyridine rings is 1. The second-order valence-electron chi connectivity index (χ2n) is 17.3. The maximum Gasteiger partial charge on any atom is 0.227 e. The molecule has 0 aliphatic heterocycles. The monoisotopic (exact) mass is 867 g/mol. The van der Waals surface area contributed by atoms with Crippen LogP contribution in [0.1, 0.15) is 0 Å². The first-order chi connectivity index (χ1) is 33.7. The number of nitrogens with zero attached hydrogens (tertiary/aromatic N) is 5. The molecule has 6 nitrogen and oxygen atoms in total. The van der Waals surface area contributed by atoms with Crippen molar-refractivity contribution in [2.75, 3.05) is 0 Å². The van der Waals surface area contributed by atoms with Crippen LogP contribution in [0.3, 0.4) is 0 Å². The van der Waals surface area contributed by atoms with Gasteiger partial charge in [-0.05, 0) is 104 Å². The van der Waals surface area contributed by atoms with E-state index in [4.69, 9.17) is 19.4 Å². The number of aromatic nitrogens is 5. The van der Waals surface area contributed by atoms with Crippen molar-refractivity contribution >= 4 is 76.2 Å². The molecule has 0 spiro atoms. The van der Waals surface area contributed by atoms with Crippen LogP contribution >= 0.6 is 0 Å². The van der Waals surface area contributed by atoms with Crippen molar-refractivity contribution in [3.8, 4) is 62.1 Å². The molecule has 0 bridgehead atoms. The molecule has 0 aliphatic carbocycles. The third-order valence-corrected chi connectivity index (χ3v) is 13.5. The Hall–Kier alpha value is -9.26. The Kier molecular flexibility index (Phi) is 8.48. The number of furan rings is 1. The van der Waals surface area contributed by atoms with Gasteiger partial charge < -0.3 is 8.98 Å². The molecule has 0 amide bonds. The molecule has 68 heavy (non-hydrogen) atoms. The smallest absolute Gasteiger partial charge is 0.227 e. The summed E-state index contributed by atoms with van der Waals surface area (Å²) in [7, 11) is 0. The molecule has 0 fully saturated rings. The van der Waals surface area contributed by atoms with E-state index < -0.39 is 0 Å². The fraction of sp³-hybridized carbons (Fsp3) is 0. The first-order valence-electron chi connectivity index (χ1n) is 22.9. The van der Waals surface area contributed by atoms with Crippen LogP contribution in [0.4, 0.5) is 0 Å². The highest BCUT2D eigenvalue weighted by Crippen LogP contribution is 2.42. The molecule has 0 saturated heterocycles. The topological polar surface area (TPSA) is 69.6 Å². The highest BCUT2D eigenvalue weighted by atomic mass is 16.3. The van der Waals surface area contributed by atoms with Gasteiger partial charge in [-0.15, -0.1) is 0 Å². The average molecular weight is 868 g/mol. The number of benzene rings is 10. The zero-order valence-corrected chi connectivity index (χ0v) is 36.5. The molecule has 0 unspecified atom stereocenters. The predicted molar refractivity (Wildman–Crippen MR) is 279 cm³/mol. The molecule has 0 aliphatic rings. The standard InChI is InChI=1S/C62H37N5O/c1-3-14-38(15-4-1)41-27-30-52-56(37-41)67(55-33-28-40-18-7-8-19-44(40)58(52)55)54-26-12-22-47-48(54)23-11-24-49(47)60-64-59(42-29-34-57-53(36-42)51-25-13-35-63-62(51)68-57)65-61(66-60)50-32-31-43(39-16-5-2-6-17-39)45-20-9-10-21-46(45)50/h1-37H. The van der Waals surface area contributed by atoms with Crippen LogP contribution in [-0.2, 0) is 0 Å². The van der Waals surface area contributed by atoms with E-state index in [1.54, 1.807) is 6.20 Å². The molecule has 10 aromatic carbocycles. The number of hydrogen-bond acceptors (Lipinski definition) is 5. The Balaban J connectivity index is 1.02. The molecule has 4 aromatic heterocycles. The highest BCUT2D eigenvalue weighted by molar-refractivity contribution is 6.22. The third kappa shape index (κ3) is 5.98. The lowest BCUT2D eigenvalue weighted by Gasteiger charge is -2.15. The van der Waals surface area contributed by atoms with Gasteiger partial charge in [0.1, 0.15) is 5.58 Å². The van der Waals surface area contributed by atoms with Crippen LogP contribution in [0.2, 0.25) is 0 Å². The molecule has 4 heterocycles. The van der Waals surface area contributed by atoms with E-state index in [0.29, 0.717) is 23.2 Å². The molecule has 14 rings (SSSR count). The van der Waals surface area contributed by atoms with Crippen molar-refractivity contribution in [2.24, 2.45) is 0 Å². The minimum absolute atomic E-state index is 0.567. The van der Waals surface area contributed by atoms with Gasteiger partial charge in [0.2, 0.25) is 5.71 Å². The van der Waals surface area contributed by atoms with Crippen LogP contribution < -0.4 is 0 Å². The Morgan fingerprint density at radius 2 is 0.971 bits per heavy atom. The Morgan fingerprint density at radius 1 is 0.338 bits per heavy atom.